The molecule has 7 heteroatoms. The van der Waals surface area contributed by atoms with Gasteiger partial charge in [-0.05, 0) is 23.8 Å². The molecule has 0 unspecified atom stereocenters. The van der Waals surface area contributed by atoms with Crippen molar-refractivity contribution in [3.8, 4) is 0 Å². The maximum atomic E-state index is 13.7. The molecule has 2 aromatic heterocycles. The summed E-state index contributed by atoms with van der Waals surface area (Å²) in [7, 11) is 0. The summed E-state index contributed by atoms with van der Waals surface area (Å²) in [6.45, 7) is 0.219. The molecule has 3 rings (SSSR count). The molecule has 0 aliphatic heterocycles. The molecular weight excluding hydrogens is 299 g/mol. The Morgan fingerprint density at radius 1 is 1.39 bits per heavy atom. The second-order valence-electron chi connectivity index (χ2n) is 5.06. The van der Waals surface area contributed by atoms with Gasteiger partial charge in [0.1, 0.15) is 11.3 Å². The number of H-pyrrole nitrogens is 1. The van der Waals surface area contributed by atoms with Crippen LogP contribution in [0.25, 0.3) is 11.0 Å². The molecule has 0 saturated heterocycles. The van der Waals surface area contributed by atoms with Gasteiger partial charge in [-0.15, -0.1) is 0 Å². The van der Waals surface area contributed by atoms with Crippen molar-refractivity contribution in [1.82, 2.24) is 19.9 Å². The first kappa shape index (κ1) is 15.1. The van der Waals surface area contributed by atoms with Crippen molar-refractivity contribution in [3.05, 3.63) is 59.9 Å². The quantitative estimate of drug-likeness (QED) is 0.751. The van der Waals surface area contributed by atoms with Crippen LogP contribution in [0.15, 0.2) is 43.0 Å². The Morgan fingerprint density at radius 3 is 3.00 bits per heavy atom. The van der Waals surface area contributed by atoms with E-state index in [4.69, 9.17) is 0 Å². The van der Waals surface area contributed by atoms with Crippen molar-refractivity contribution < 1.29 is 14.3 Å². The number of carbonyl (C=O) groups is 1. The van der Waals surface area contributed by atoms with Crippen molar-refractivity contribution in [3.63, 3.8) is 0 Å². The van der Waals surface area contributed by atoms with Crippen LogP contribution in [0.2, 0.25) is 0 Å². The summed E-state index contributed by atoms with van der Waals surface area (Å²) in [6, 6.07) is 6.06. The van der Waals surface area contributed by atoms with Gasteiger partial charge in [0.25, 0.3) is 5.91 Å². The molecule has 0 aliphatic rings. The van der Waals surface area contributed by atoms with Gasteiger partial charge in [-0.3, -0.25) is 9.78 Å². The van der Waals surface area contributed by atoms with E-state index in [9.17, 15) is 14.3 Å². The standard InChI is InChI=1S/C16H15FN4O2/c17-12-6-13(15-14(7-12)19-10-20-15)16(23)21(4-5-22)9-11-2-1-3-18-8-11/h1-3,6-8,10,22H,4-5,9H2,(H,19,20). The molecule has 6 nitrogen and oxygen atoms in total. The summed E-state index contributed by atoms with van der Waals surface area (Å²) < 4.78 is 13.7. The first-order valence-corrected chi connectivity index (χ1v) is 7.10. The third-order valence-electron chi connectivity index (χ3n) is 3.47. The van der Waals surface area contributed by atoms with Gasteiger partial charge in [-0.2, -0.15) is 0 Å². The smallest absolute Gasteiger partial charge is 0.256 e. The molecule has 0 spiro atoms. The zero-order valence-electron chi connectivity index (χ0n) is 12.2. The van der Waals surface area contributed by atoms with E-state index in [1.54, 1.807) is 18.5 Å². The number of pyridine rings is 1. The molecule has 0 saturated carbocycles. The number of amides is 1. The van der Waals surface area contributed by atoms with E-state index in [0.717, 1.165) is 5.56 Å². The third kappa shape index (κ3) is 3.19. The summed E-state index contributed by atoms with van der Waals surface area (Å²) in [5, 5.41) is 9.23. The Bertz CT molecular complexity index is 819. The number of nitrogens with one attached hydrogen (secondary N) is 1. The molecule has 2 N–H and O–H groups in total. The topological polar surface area (TPSA) is 82.1 Å². The van der Waals surface area contributed by atoms with Crippen LogP contribution in [0, 0.1) is 5.82 Å². The summed E-state index contributed by atoms with van der Waals surface area (Å²) >= 11 is 0. The number of aliphatic hydroxyl groups is 1. The Hall–Kier alpha value is -2.80. The number of rotatable bonds is 5. The van der Waals surface area contributed by atoms with Gasteiger partial charge >= 0.3 is 0 Å². The normalized spacial score (nSPS) is 10.9. The van der Waals surface area contributed by atoms with Crippen molar-refractivity contribution in [2.75, 3.05) is 13.2 Å². The monoisotopic (exact) mass is 314 g/mol. The third-order valence-corrected chi connectivity index (χ3v) is 3.47. The average Bonchev–Trinajstić information content (AvgIpc) is 3.02. The van der Waals surface area contributed by atoms with Crippen molar-refractivity contribution in [2.24, 2.45) is 0 Å². The summed E-state index contributed by atoms with van der Waals surface area (Å²) in [4.78, 5) is 25.1. The molecule has 23 heavy (non-hydrogen) atoms. The predicted molar refractivity (Wildman–Crippen MR) is 82.1 cm³/mol. The number of nitrogens with zero attached hydrogens (tertiary/aromatic N) is 3. The number of hydrogen-bond donors (Lipinski definition) is 2. The summed E-state index contributed by atoms with van der Waals surface area (Å²) in [6.07, 6.45) is 4.70. The lowest BCUT2D eigenvalue weighted by molar-refractivity contribution is 0.0709. The van der Waals surface area contributed by atoms with E-state index in [0.29, 0.717) is 11.0 Å². The number of aromatic nitrogens is 3. The van der Waals surface area contributed by atoms with Gasteiger partial charge in [0.05, 0.1) is 24.0 Å². The zero-order valence-corrected chi connectivity index (χ0v) is 12.2. The van der Waals surface area contributed by atoms with E-state index in [1.807, 2.05) is 6.07 Å². The zero-order chi connectivity index (χ0) is 16.2. The van der Waals surface area contributed by atoms with E-state index in [-0.39, 0.29) is 31.2 Å². The molecule has 0 atom stereocenters. The van der Waals surface area contributed by atoms with Gasteiger partial charge in [0.15, 0.2) is 0 Å². The second-order valence-corrected chi connectivity index (χ2v) is 5.06. The molecule has 3 aromatic rings. The number of fused-ring (bicyclic) bond motifs is 1. The van der Waals surface area contributed by atoms with Crippen LogP contribution < -0.4 is 0 Å². The highest BCUT2D eigenvalue weighted by Crippen LogP contribution is 2.20. The molecule has 0 bridgehead atoms. The predicted octanol–water partition coefficient (Wildman–Crippen LogP) is 1.73. The fourth-order valence-corrected chi connectivity index (χ4v) is 2.43. The number of benzene rings is 1. The Kier molecular flexibility index (Phi) is 4.29. The number of halogens is 1. The lowest BCUT2D eigenvalue weighted by atomic mass is 10.1. The number of imidazole rings is 1. The van der Waals surface area contributed by atoms with Crippen LogP contribution in [-0.2, 0) is 6.54 Å². The molecular formula is C16H15FN4O2. The van der Waals surface area contributed by atoms with Crippen molar-refractivity contribution in [2.45, 2.75) is 6.54 Å². The van der Waals surface area contributed by atoms with Crippen LogP contribution in [0.4, 0.5) is 4.39 Å². The first-order chi connectivity index (χ1) is 11.2. The molecule has 2 heterocycles. The first-order valence-electron chi connectivity index (χ1n) is 7.10. The van der Waals surface area contributed by atoms with Crippen molar-refractivity contribution in [1.29, 1.82) is 0 Å². The maximum absolute atomic E-state index is 13.7. The summed E-state index contributed by atoms with van der Waals surface area (Å²) in [5.41, 5.74) is 1.85. The van der Waals surface area contributed by atoms with E-state index >= 15 is 0 Å². The number of carbonyl (C=O) groups excluding carboxylic acids is 1. The number of aliphatic hydroxyl groups excluding tert-OH is 1. The lowest BCUT2D eigenvalue weighted by Crippen LogP contribution is -2.33. The minimum absolute atomic E-state index is 0.135. The van der Waals surface area contributed by atoms with Crippen LogP contribution in [0.3, 0.4) is 0 Å². The minimum Gasteiger partial charge on any atom is -0.395 e. The molecule has 118 valence electrons. The van der Waals surface area contributed by atoms with E-state index in [1.165, 1.54) is 23.4 Å². The molecule has 0 fully saturated rings. The Labute approximate surface area is 131 Å². The van der Waals surface area contributed by atoms with Crippen LogP contribution in [0.1, 0.15) is 15.9 Å². The number of aromatic amines is 1. The average molecular weight is 314 g/mol. The maximum Gasteiger partial charge on any atom is 0.256 e. The SMILES string of the molecule is O=C(c1cc(F)cc2[nH]cnc12)N(CCO)Cc1cccnc1. The van der Waals surface area contributed by atoms with Gasteiger partial charge < -0.3 is 15.0 Å². The lowest BCUT2D eigenvalue weighted by Gasteiger charge is -2.22. The second kappa shape index (κ2) is 6.53. The Morgan fingerprint density at radius 2 is 2.26 bits per heavy atom. The highest BCUT2D eigenvalue weighted by atomic mass is 19.1. The van der Waals surface area contributed by atoms with Gasteiger partial charge in [-0.25, -0.2) is 9.37 Å². The molecule has 1 amide bonds. The fourth-order valence-electron chi connectivity index (χ4n) is 2.43. The van der Waals surface area contributed by atoms with E-state index in [2.05, 4.69) is 15.0 Å². The largest absolute Gasteiger partial charge is 0.395 e. The van der Waals surface area contributed by atoms with Crippen LogP contribution >= 0.6 is 0 Å². The van der Waals surface area contributed by atoms with Gasteiger partial charge in [-0.1, -0.05) is 6.07 Å². The van der Waals surface area contributed by atoms with Crippen LogP contribution in [0.5, 0.6) is 0 Å². The Balaban J connectivity index is 1.95. The van der Waals surface area contributed by atoms with Gasteiger partial charge in [0, 0.05) is 25.5 Å². The highest BCUT2D eigenvalue weighted by molar-refractivity contribution is 6.04. The molecule has 1 aromatic carbocycles. The number of hydrogen-bond acceptors (Lipinski definition) is 4. The fraction of sp³-hybridized carbons (Fsp3) is 0.188. The minimum atomic E-state index is -0.518. The highest BCUT2D eigenvalue weighted by Gasteiger charge is 2.20. The summed E-state index contributed by atoms with van der Waals surface area (Å²) in [5.74, 6) is -0.907. The van der Waals surface area contributed by atoms with Gasteiger partial charge in [0.2, 0.25) is 0 Å². The molecule has 0 radical (unpaired) electrons. The molecule has 0 aliphatic carbocycles. The van der Waals surface area contributed by atoms with E-state index < -0.39 is 5.82 Å². The van der Waals surface area contributed by atoms with Crippen LogP contribution in [-0.4, -0.2) is 44.0 Å². The van der Waals surface area contributed by atoms with Crippen molar-refractivity contribution >= 4 is 16.9 Å².